The molecular weight excluding hydrogens is 224 g/mol. The van der Waals surface area contributed by atoms with Crippen molar-refractivity contribution in [2.75, 3.05) is 14.2 Å². The van der Waals surface area contributed by atoms with Gasteiger partial charge < -0.3 is 9.47 Å². The first-order valence-corrected chi connectivity index (χ1v) is 6.59. The molecule has 2 heteroatoms. The molecule has 0 bridgehead atoms. The summed E-state index contributed by atoms with van der Waals surface area (Å²) < 4.78 is 11.1. The maximum absolute atomic E-state index is 5.56. The van der Waals surface area contributed by atoms with Crippen molar-refractivity contribution < 1.29 is 9.47 Å². The van der Waals surface area contributed by atoms with Crippen LogP contribution in [0.25, 0.3) is 0 Å². The van der Waals surface area contributed by atoms with E-state index < -0.39 is 0 Å². The molecule has 0 aromatic heterocycles. The van der Waals surface area contributed by atoms with Gasteiger partial charge in [0, 0.05) is 5.56 Å². The van der Waals surface area contributed by atoms with E-state index in [9.17, 15) is 0 Å². The molecule has 0 amide bonds. The van der Waals surface area contributed by atoms with Gasteiger partial charge in [-0.1, -0.05) is 33.8 Å². The molecule has 0 spiro atoms. The van der Waals surface area contributed by atoms with Crippen LogP contribution in [0.1, 0.15) is 51.7 Å². The first-order valence-electron chi connectivity index (χ1n) is 6.59. The highest BCUT2D eigenvalue weighted by Gasteiger charge is 2.40. The van der Waals surface area contributed by atoms with E-state index in [0.717, 1.165) is 11.5 Å². The molecule has 0 aliphatic heterocycles. The number of ether oxygens (including phenoxy) is 2. The molecule has 1 saturated carbocycles. The van der Waals surface area contributed by atoms with Gasteiger partial charge in [-0.25, -0.2) is 0 Å². The fourth-order valence-corrected chi connectivity index (χ4v) is 2.35. The van der Waals surface area contributed by atoms with Crippen LogP contribution in [0.2, 0.25) is 0 Å². The van der Waals surface area contributed by atoms with Crippen molar-refractivity contribution in [2.24, 2.45) is 0 Å². The molecule has 0 heterocycles. The van der Waals surface area contributed by atoms with Crippen molar-refractivity contribution in [3.63, 3.8) is 0 Å². The number of methoxy groups -OCH3 is 2. The number of hydrogen-bond acceptors (Lipinski definition) is 2. The maximum atomic E-state index is 5.56. The third kappa shape index (κ3) is 2.21. The molecule has 2 rings (SSSR count). The SMILES string of the molecule is COc1cc(C2(C)CC2)cc(C(C)(C)C)c1OC. The minimum Gasteiger partial charge on any atom is -0.493 e. The Balaban J connectivity index is 2.61. The Labute approximate surface area is 110 Å². The summed E-state index contributed by atoms with van der Waals surface area (Å²) in [7, 11) is 3.43. The highest BCUT2D eigenvalue weighted by atomic mass is 16.5. The summed E-state index contributed by atoms with van der Waals surface area (Å²) in [6.07, 6.45) is 2.54. The molecule has 18 heavy (non-hydrogen) atoms. The molecule has 2 nitrogen and oxygen atoms in total. The monoisotopic (exact) mass is 248 g/mol. The Hall–Kier alpha value is -1.18. The molecule has 0 N–H and O–H groups in total. The van der Waals surface area contributed by atoms with Gasteiger partial charge in [0.15, 0.2) is 11.5 Å². The zero-order chi connectivity index (χ0) is 13.6. The Morgan fingerprint density at radius 1 is 1.06 bits per heavy atom. The number of hydrogen-bond donors (Lipinski definition) is 0. The minimum atomic E-state index is 0.0554. The third-order valence-electron chi connectivity index (χ3n) is 3.98. The summed E-state index contributed by atoms with van der Waals surface area (Å²) in [5.74, 6) is 1.73. The van der Waals surface area contributed by atoms with Crippen molar-refractivity contribution in [3.8, 4) is 11.5 Å². The lowest BCUT2D eigenvalue weighted by Gasteiger charge is -2.26. The van der Waals surface area contributed by atoms with Crippen molar-refractivity contribution >= 4 is 0 Å². The van der Waals surface area contributed by atoms with Gasteiger partial charge in [0.2, 0.25) is 0 Å². The fraction of sp³-hybridized carbons (Fsp3) is 0.625. The first-order chi connectivity index (χ1) is 8.31. The van der Waals surface area contributed by atoms with Crippen molar-refractivity contribution in [1.29, 1.82) is 0 Å². The summed E-state index contributed by atoms with van der Waals surface area (Å²) in [6.45, 7) is 8.95. The van der Waals surface area contributed by atoms with Crippen LogP contribution < -0.4 is 9.47 Å². The molecule has 1 aliphatic rings. The second-order valence-corrected chi connectivity index (χ2v) is 6.57. The van der Waals surface area contributed by atoms with Gasteiger partial charge in [0.1, 0.15) is 0 Å². The molecular formula is C16H24O2. The van der Waals surface area contributed by atoms with E-state index in [4.69, 9.17) is 9.47 Å². The predicted molar refractivity (Wildman–Crippen MR) is 74.8 cm³/mol. The van der Waals surface area contributed by atoms with Crippen LogP contribution in [-0.2, 0) is 10.8 Å². The van der Waals surface area contributed by atoms with Gasteiger partial charge in [-0.2, -0.15) is 0 Å². The Morgan fingerprint density at radius 3 is 2.06 bits per heavy atom. The van der Waals surface area contributed by atoms with Gasteiger partial charge in [-0.15, -0.1) is 0 Å². The Kier molecular flexibility index (Phi) is 3.08. The summed E-state index contributed by atoms with van der Waals surface area (Å²) in [5.41, 5.74) is 3.01. The Morgan fingerprint density at radius 2 is 1.67 bits per heavy atom. The molecule has 1 aromatic carbocycles. The lowest BCUT2D eigenvalue weighted by Crippen LogP contribution is -2.15. The molecule has 1 aliphatic carbocycles. The van der Waals surface area contributed by atoms with Gasteiger partial charge in [0.25, 0.3) is 0 Å². The zero-order valence-electron chi connectivity index (χ0n) is 12.4. The van der Waals surface area contributed by atoms with Crippen LogP contribution in [0, 0.1) is 0 Å². The maximum Gasteiger partial charge on any atom is 0.164 e. The van der Waals surface area contributed by atoms with Crippen LogP contribution in [0.3, 0.4) is 0 Å². The summed E-state index contributed by atoms with van der Waals surface area (Å²) >= 11 is 0. The lowest BCUT2D eigenvalue weighted by atomic mass is 9.83. The first kappa shape index (κ1) is 13.3. The average molecular weight is 248 g/mol. The summed E-state index contributed by atoms with van der Waals surface area (Å²) in [4.78, 5) is 0. The van der Waals surface area contributed by atoms with Gasteiger partial charge >= 0.3 is 0 Å². The average Bonchev–Trinajstić information content (AvgIpc) is 3.05. The van der Waals surface area contributed by atoms with Crippen molar-refractivity contribution in [2.45, 2.75) is 51.4 Å². The van der Waals surface area contributed by atoms with E-state index in [-0.39, 0.29) is 5.41 Å². The molecule has 0 saturated heterocycles. The van der Waals surface area contributed by atoms with Crippen molar-refractivity contribution in [3.05, 3.63) is 23.3 Å². The summed E-state index contributed by atoms with van der Waals surface area (Å²) in [6, 6.07) is 4.44. The van der Waals surface area contributed by atoms with Gasteiger partial charge in [0.05, 0.1) is 14.2 Å². The Bertz CT molecular complexity index is 451. The quantitative estimate of drug-likeness (QED) is 0.803. The van der Waals surface area contributed by atoms with E-state index in [1.54, 1.807) is 14.2 Å². The molecule has 0 radical (unpaired) electrons. The van der Waals surface area contributed by atoms with E-state index in [2.05, 4.69) is 39.8 Å². The largest absolute Gasteiger partial charge is 0.493 e. The normalized spacial score (nSPS) is 17.4. The fourth-order valence-electron chi connectivity index (χ4n) is 2.35. The topological polar surface area (TPSA) is 18.5 Å². The molecule has 0 unspecified atom stereocenters. The van der Waals surface area contributed by atoms with E-state index in [1.807, 2.05) is 0 Å². The van der Waals surface area contributed by atoms with Crippen LogP contribution in [0.5, 0.6) is 11.5 Å². The molecule has 1 aromatic rings. The smallest absolute Gasteiger partial charge is 0.164 e. The van der Waals surface area contributed by atoms with Crippen molar-refractivity contribution in [1.82, 2.24) is 0 Å². The van der Waals surface area contributed by atoms with Crippen LogP contribution in [0.15, 0.2) is 12.1 Å². The molecule has 0 atom stereocenters. The second kappa shape index (κ2) is 4.18. The third-order valence-corrected chi connectivity index (χ3v) is 3.98. The van der Waals surface area contributed by atoms with E-state index >= 15 is 0 Å². The van der Waals surface area contributed by atoms with Crippen LogP contribution in [-0.4, -0.2) is 14.2 Å². The second-order valence-electron chi connectivity index (χ2n) is 6.57. The van der Waals surface area contributed by atoms with Crippen LogP contribution in [0.4, 0.5) is 0 Å². The number of rotatable bonds is 3. The predicted octanol–water partition coefficient (Wildman–Crippen LogP) is 4.05. The molecule has 100 valence electrons. The highest BCUT2D eigenvalue weighted by molar-refractivity contribution is 5.54. The molecule has 1 fully saturated rings. The number of benzene rings is 1. The lowest BCUT2D eigenvalue weighted by molar-refractivity contribution is 0.344. The standard InChI is InChI=1S/C16H24O2/c1-15(2,3)12-9-11(16(4)7-8-16)10-13(17-5)14(12)18-6/h9-10H,7-8H2,1-6H3. The highest BCUT2D eigenvalue weighted by Crippen LogP contribution is 2.51. The summed E-state index contributed by atoms with van der Waals surface area (Å²) in [5, 5.41) is 0. The van der Waals surface area contributed by atoms with E-state index in [1.165, 1.54) is 24.0 Å². The van der Waals surface area contributed by atoms with E-state index in [0.29, 0.717) is 5.41 Å². The zero-order valence-corrected chi connectivity index (χ0v) is 12.4. The van der Waals surface area contributed by atoms with Gasteiger partial charge in [-0.05, 0) is 35.3 Å². The van der Waals surface area contributed by atoms with Gasteiger partial charge in [-0.3, -0.25) is 0 Å². The van der Waals surface area contributed by atoms with Crippen LogP contribution >= 0.6 is 0 Å². The minimum absolute atomic E-state index is 0.0554.